The lowest BCUT2D eigenvalue weighted by Gasteiger charge is -2.02. The van der Waals surface area contributed by atoms with Gasteiger partial charge in [-0.1, -0.05) is 30.2 Å². The van der Waals surface area contributed by atoms with Crippen LogP contribution in [0.4, 0.5) is 0 Å². The molecule has 0 unspecified atom stereocenters. The predicted molar refractivity (Wildman–Crippen MR) is 68.3 cm³/mol. The Labute approximate surface area is 101 Å². The summed E-state index contributed by atoms with van der Waals surface area (Å²) in [6, 6.07) is 17.7. The predicted octanol–water partition coefficient (Wildman–Crippen LogP) is 3.13. The van der Waals surface area contributed by atoms with Crippen LogP contribution >= 0.6 is 0 Å². The molecule has 0 heterocycles. The van der Waals surface area contributed by atoms with Gasteiger partial charge in [0, 0.05) is 5.56 Å². The molecule has 2 aromatic carbocycles. The third-order valence-corrected chi connectivity index (χ3v) is 2.61. The van der Waals surface area contributed by atoms with Crippen molar-refractivity contribution >= 4 is 0 Å². The van der Waals surface area contributed by atoms with Gasteiger partial charge in [-0.15, -0.1) is 6.42 Å². The summed E-state index contributed by atoms with van der Waals surface area (Å²) in [5.74, 6) is 2.60. The van der Waals surface area contributed by atoms with Gasteiger partial charge in [0.15, 0.2) is 0 Å². The highest BCUT2D eigenvalue weighted by molar-refractivity contribution is 5.37. The van der Waals surface area contributed by atoms with Crippen molar-refractivity contribution in [3.8, 4) is 18.4 Å². The summed E-state index contributed by atoms with van der Waals surface area (Å²) in [6.07, 6.45) is 6.16. The zero-order valence-electron chi connectivity index (χ0n) is 9.35. The molecule has 0 aromatic heterocycles. The molecule has 1 nitrogen and oxygen atoms in total. The standard InChI is InChI=1S/C16H11N/c1-2-13-3-5-14(6-4-13)11-15-7-9-16(12-17)10-8-15/h1,3-10H,11H2. The molecule has 80 valence electrons. The topological polar surface area (TPSA) is 23.8 Å². The summed E-state index contributed by atoms with van der Waals surface area (Å²) in [5.41, 5.74) is 4.00. The van der Waals surface area contributed by atoms with E-state index < -0.39 is 0 Å². The van der Waals surface area contributed by atoms with Gasteiger partial charge in [-0.3, -0.25) is 0 Å². The van der Waals surface area contributed by atoms with Crippen molar-refractivity contribution in [2.24, 2.45) is 0 Å². The number of rotatable bonds is 2. The highest BCUT2D eigenvalue weighted by Crippen LogP contribution is 2.11. The number of hydrogen-bond acceptors (Lipinski definition) is 1. The Morgan fingerprint density at radius 1 is 0.824 bits per heavy atom. The molecule has 2 rings (SSSR count). The number of nitrogens with zero attached hydrogens (tertiary/aromatic N) is 1. The number of nitriles is 1. The van der Waals surface area contributed by atoms with Crippen LogP contribution in [0.5, 0.6) is 0 Å². The highest BCUT2D eigenvalue weighted by atomic mass is 14.2. The van der Waals surface area contributed by atoms with Crippen LogP contribution < -0.4 is 0 Å². The average molecular weight is 217 g/mol. The van der Waals surface area contributed by atoms with E-state index in [1.54, 1.807) is 0 Å². The number of benzene rings is 2. The van der Waals surface area contributed by atoms with Gasteiger partial charge in [-0.05, 0) is 41.8 Å². The lowest BCUT2D eigenvalue weighted by atomic mass is 10.0. The molecule has 0 fully saturated rings. The van der Waals surface area contributed by atoms with Crippen molar-refractivity contribution in [1.29, 1.82) is 5.26 Å². The molecule has 0 aliphatic heterocycles. The van der Waals surface area contributed by atoms with Crippen LogP contribution in [0.15, 0.2) is 48.5 Å². The molecule has 0 N–H and O–H groups in total. The fourth-order valence-corrected chi connectivity index (χ4v) is 1.65. The number of hydrogen-bond donors (Lipinski definition) is 0. The Bertz CT molecular complexity index is 522. The van der Waals surface area contributed by atoms with E-state index in [-0.39, 0.29) is 0 Å². The van der Waals surface area contributed by atoms with Crippen LogP contribution in [0.3, 0.4) is 0 Å². The van der Waals surface area contributed by atoms with Crippen LogP contribution in [0.25, 0.3) is 0 Å². The maximum Gasteiger partial charge on any atom is 0.0991 e. The van der Waals surface area contributed by atoms with E-state index in [0.29, 0.717) is 5.56 Å². The summed E-state index contributed by atoms with van der Waals surface area (Å²) < 4.78 is 0. The molecule has 1 heteroatoms. The van der Waals surface area contributed by atoms with E-state index in [9.17, 15) is 0 Å². The monoisotopic (exact) mass is 217 g/mol. The fraction of sp³-hybridized carbons (Fsp3) is 0.0625. The Kier molecular flexibility index (Phi) is 3.24. The third-order valence-electron chi connectivity index (χ3n) is 2.61. The minimum Gasteiger partial charge on any atom is -0.192 e. The molecule has 0 amide bonds. The second-order valence-electron chi connectivity index (χ2n) is 3.83. The first kappa shape index (κ1) is 11.0. The van der Waals surface area contributed by atoms with Crippen molar-refractivity contribution in [2.45, 2.75) is 6.42 Å². The fourth-order valence-electron chi connectivity index (χ4n) is 1.65. The third kappa shape index (κ3) is 2.74. The first-order chi connectivity index (χ1) is 8.31. The molecule has 2 aromatic rings. The molecule has 0 spiro atoms. The normalized spacial score (nSPS) is 9.29. The minimum absolute atomic E-state index is 0.691. The van der Waals surface area contributed by atoms with E-state index in [4.69, 9.17) is 11.7 Å². The first-order valence-corrected chi connectivity index (χ1v) is 5.36. The molecule has 17 heavy (non-hydrogen) atoms. The van der Waals surface area contributed by atoms with Crippen molar-refractivity contribution in [3.63, 3.8) is 0 Å². The van der Waals surface area contributed by atoms with E-state index in [2.05, 4.69) is 12.0 Å². The summed E-state index contributed by atoms with van der Waals surface area (Å²) >= 11 is 0. The molecule has 0 atom stereocenters. The summed E-state index contributed by atoms with van der Waals surface area (Å²) in [4.78, 5) is 0. The van der Waals surface area contributed by atoms with E-state index in [1.807, 2.05) is 48.5 Å². The molecule has 0 bridgehead atoms. The summed E-state index contributed by atoms with van der Waals surface area (Å²) in [7, 11) is 0. The second-order valence-corrected chi connectivity index (χ2v) is 3.83. The van der Waals surface area contributed by atoms with Gasteiger partial charge in [0.1, 0.15) is 0 Å². The highest BCUT2D eigenvalue weighted by Gasteiger charge is 1.97. The van der Waals surface area contributed by atoms with Crippen molar-refractivity contribution < 1.29 is 0 Å². The van der Waals surface area contributed by atoms with E-state index in [1.165, 1.54) is 11.1 Å². The van der Waals surface area contributed by atoms with Crippen LogP contribution in [0.1, 0.15) is 22.3 Å². The Morgan fingerprint density at radius 2 is 1.29 bits per heavy atom. The van der Waals surface area contributed by atoms with Gasteiger partial charge in [0.05, 0.1) is 11.6 Å². The quantitative estimate of drug-likeness (QED) is 0.709. The van der Waals surface area contributed by atoms with Gasteiger partial charge in [0.25, 0.3) is 0 Å². The molecule has 0 radical (unpaired) electrons. The molecule has 0 aliphatic rings. The molecule has 0 saturated heterocycles. The van der Waals surface area contributed by atoms with Crippen LogP contribution in [-0.2, 0) is 6.42 Å². The summed E-state index contributed by atoms with van der Waals surface area (Å²) in [5, 5.41) is 8.71. The second kappa shape index (κ2) is 5.01. The first-order valence-electron chi connectivity index (χ1n) is 5.36. The number of terminal acetylenes is 1. The van der Waals surface area contributed by atoms with Crippen molar-refractivity contribution in [3.05, 3.63) is 70.8 Å². The lowest BCUT2D eigenvalue weighted by molar-refractivity contribution is 1.19. The Morgan fingerprint density at radius 3 is 1.71 bits per heavy atom. The Hall–Kier alpha value is -2.51. The van der Waals surface area contributed by atoms with Gasteiger partial charge in [-0.2, -0.15) is 5.26 Å². The lowest BCUT2D eigenvalue weighted by Crippen LogP contribution is -1.88. The van der Waals surface area contributed by atoms with Gasteiger partial charge in [-0.25, -0.2) is 0 Å². The SMILES string of the molecule is C#Cc1ccc(Cc2ccc(C#N)cc2)cc1. The van der Waals surface area contributed by atoms with Crippen LogP contribution in [0.2, 0.25) is 0 Å². The minimum atomic E-state index is 0.691. The van der Waals surface area contributed by atoms with Crippen LogP contribution in [0, 0.1) is 23.7 Å². The van der Waals surface area contributed by atoms with E-state index >= 15 is 0 Å². The molecule has 0 aliphatic carbocycles. The zero-order valence-corrected chi connectivity index (χ0v) is 9.35. The molecular formula is C16H11N. The van der Waals surface area contributed by atoms with Crippen LogP contribution in [-0.4, -0.2) is 0 Å². The van der Waals surface area contributed by atoms with Gasteiger partial charge < -0.3 is 0 Å². The van der Waals surface area contributed by atoms with Crippen molar-refractivity contribution in [1.82, 2.24) is 0 Å². The molecule has 0 saturated carbocycles. The van der Waals surface area contributed by atoms with Gasteiger partial charge in [0.2, 0.25) is 0 Å². The Balaban J connectivity index is 2.14. The zero-order chi connectivity index (χ0) is 12.1. The van der Waals surface area contributed by atoms with Gasteiger partial charge >= 0.3 is 0 Å². The smallest absolute Gasteiger partial charge is 0.0991 e. The maximum absolute atomic E-state index is 8.71. The van der Waals surface area contributed by atoms with E-state index in [0.717, 1.165) is 12.0 Å². The molecular weight excluding hydrogens is 206 g/mol. The average Bonchev–Trinajstić information content (AvgIpc) is 2.40. The van der Waals surface area contributed by atoms with Crippen molar-refractivity contribution in [2.75, 3.05) is 0 Å². The largest absolute Gasteiger partial charge is 0.192 e. The summed E-state index contributed by atoms with van der Waals surface area (Å²) in [6.45, 7) is 0. The maximum atomic E-state index is 8.71.